The first-order chi connectivity index (χ1) is 12.6. The topological polar surface area (TPSA) is 47.9 Å². The molecule has 1 heterocycles. The van der Waals surface area contributed by atoms with Gasteiger partial charge in [-0.1, -0.05) is 66.7 Å². The monoisotopic (exact) mass is 354 g/mol. The highest BCUT2D eigenvalue weighted by Gasteiger charge is 2.49. The predicted octanol–water partition coefficient (Wildman–Crippen LogP) is 3.49. The zero-order valence-corrected chi connectivity index (χ0v) is 15.1. The molecule has 1 N–H and O–H groups in total. The largest absolute Gasteiger partial charge is 0.380 e. The van der Waals surface area contributed by atoms with Gasteiger partial charge in [0.15, 0.2) is 0 Å². The van der Waals surface area contributed by atoms with E-state index in [-0.39, 0.29) is 0 Å². The maximum atomic E-state index is 11.1. The Morgan fingerprint density at radius 1 is 1.04 bits per heavy atom. The number of ether oxygens (including phenoxy) is 3. The van der Waals surface area contributed by atoms with E-state index in [1.165, 1.54) is 6.08 Å². The van der Waals surface area contributed by atoms with Crippen molar-refractivity contribution < 1.29 is 19.3 Å². The van der Waals surface area contributed by atoms with Crippen LogP contribution in [0.1, 0.15) is 18.1 Å². The highest BCUT2D eigenvalue weighted by molar-refractivity contribution is 5.16. The van der Waals surface area contributed by atoms with Crippen LogP contribution in [-0.4, -0.2) is 35.6 Å². The lowest BCUT2D eigenvalue weighted by Gasteiger charge is -2.46. The maximum Gasteiger partial charge on any atom is 0.137 e. The molecule has 4 heteroatoms. The Morgan fingerprint density at radius 3 is 2.12 bits per heavy atom. The lowest BCUT2D eigenvalue weighted by atomic mass is 9.85. The van der Waals surface area contributed by atoms with Crippen LogP contribution in [0.15, 0.2) is 73.3 Å². The summed E-state index contributed by atoms with van der Waals surface area (Å²) in [5.74, 6) is 0. The van der Waals surface area contributed by atoms with Crippen LogP contribution in [0.25, 0.3) is 0 Å². The molecule has 1 aliphatic rings. The van der Waals surface area contributed by atoms with Crippen molar-refractivity contribution in [2.24, 2.45) is 0 Å². The molecular weight excluding hydrogens is 328 g/mol. The highest BCUT2D eigenvalue weighted by Crippen LogP contribution is 2.32. The van der Waals surface area contributed by atoms with E-state index < -0.39 is 23.9 Å². The van der Waals surface area contributed by atoms with Gasteiger partial charge in [0.2, 0.25) is 0 Å². The van der Waals surface area contributed by atoms with E-state index in [0.29, 0.717) is 19.8 Å². The molecule has 3 rings (SSSR count). The fourth-order valence-electron chi connectivity index (χ4n) is 3.19. The van der Waals surface area contributed by atoms with Crippen molar-refractivity contribution in [3.63, 3.8) is 0 Å². The molecule has 0 amide bonds. The fourth-order valence-corrected chi connectivity index (χ4v) is 3.19. The summed E-state index contributed by atoms with van der Waals surface area (Å²) < 4.78 is 17.9. The third kappa shape index (κ3) is 4.22. The molecule has 26 heavy (non-hydrogen) atoms. The Bertz CT molecular complexity index is 688. The van der Waals surface area contributed by atoms with Gasteiger partial charge in [0.1, 0.15) is 17.8 Å². The van der Waals surface area contributed by atoms with Crippen LogP contribution in [0.2, 0.25) is 0 Å². The first kappa shape index (κ1) is 18.8. The maximum absolute atomic E-state index is 11.1. The zero-order chi connectivity index (χ0) is 18.4. The van der Waals surface area contributed by atoms with Crippen molar-refractivity contribution >= 4 is 0 Å². The Hall–Kier alpha value is -1.98. The second-order valence-electron chi connectivity index (χ2n) is 6.62. The molecule has 0 radical (unpaired) electrons. The first-order valence-electron chi connectivity index (χ1n) is 8.92. The van der Waals surface area contributed by atoms with Crippen molar-refractivity contribution in [2.75, 3.05) is 6.61 Å². The van der Waals surface area contributed by atoms with Crippen LogP contribution in [0.3, 0.4) is 0 Å². The molecule has 2 aromatic carbocycles. The number of benzene rings is 2. The van der Waals surface area contributed by atoms with Crippen LogP contribution in [0.5, 0.6) is 0 Å². The molecule has 1 fully saturated rings. The Labute approximate surface area is 155 Å². The van der Waals surface area contributed by atoms with Crippen LogP contribution in [0, 0.1) is 0 Å². The average molecular weight is 354 g/mol. The lowest BCUT2D eigenvalue weighted by molar-refractivity contribution is -0.248. The number of hydrogen-bond acceptors (Lipinski definition) is 4. The molecule has 0 bridgehead atoms. The molecule has 1 aliphatic heterocycles. The SMILES string of the molecule is C=C[C@@]1(O)C(C)OCC(OCc2ccccc2)[C@H]1OCc1ccccc1. The Balaban J connectivity index is 1.73. The van der Waals surface area contributed by atoms with Crippen molar-refractivity contribution in [3.05, 3.63) is 84.4 Å². The summed E-state index contributed by atoms with van der Waals surface area (Å²) in [7, 11) is 0. The molecule has 2 unspecified atom stereocenters. The molecule has 138 valence electrons. The van der Waals surface area contributed by atoms with E-state index in [2.05, 4.69) is 6.58 Å². The predicted molar refractivity (Wildman–Crippen MR) is 101 cm³/mol. The van der Waals surface area contributed by atoms with Gasteiger partial charge < -0.3 is 19.3 Å². The second-order valence-corrected chi connectivity index (χ2v) is 6.62. The molecular formula is C22H26O4. The van der Waals surface area contributed by atoms with Gasteiger partial charge in [-0.05, 0) is 18.1 Å². The van der Waals surface area contributed by atoms with Crippen molar-refractivity contribution in [3.8, 4) is 0 Å². The van der Waals surface area contributed by atoms with Crippen LogP contribution in [0.4, 0.5) is 0 Å². The van der Waals surface area contributed by atoms with E-state index in [1.807, 2.05) is 67.6 Å². The number of hydrogen-bond donors (Lipinski definition) is 1. The molecule has 4 atom stereocenters. The molecule has 1 saturated heterocycles. The quantitative estimate of drug-likeness (QED) is 0.773. The van der Waals surface area contributed by atoms with Gasteiger partial charge in [0.05, 0.1) is 25.9 Å². The van der Waals surface area contributed by atoms with E-state index in [1.54, 1.807) is 0 Å². The smallest absolute Gasteiger partial charge is 0.137 e. The van der Waals surface area contributed by atoms with Gasteiger partial charge >= 0.3 is 0 Å². The van der Waals surface area contributed by atoms with E-state index >= 15 is 0 Å². The van der Waals surface area contributed by atoms with E-state index in [9.17, 15) is 5.11 Å². The summed E-state index contributed by atoms with van der Waals surface area (Å²) in [5.41, 5.74) is 0.795. The van der Waals surface area contributed by atoms with Crippen LogP contribution >= 0.6 is 0 Å². The van der Waals surface area contributed by atoms with E-state index in [4.69, 9.17) is 14.2 Å². The van der Waals surface area contributed by atoms with E-state index in [0.717, 1.165) is 11.1 Å². The third-order valence-corrected chi connectivity index (χ3v) is 4.86. The Morgan fingerprint density at radius 2 is 1.58 bits per heavy atom. The van der Waals surface area contributed by atoms with Crippen LogP contribution < -0.4 is 0 Å². The number of aliphatic hydroxyl groups is 1. The normalized spacial score (nSPS) is 28.6. The lowest BCUT2D eigenvalue weighted by Crippen LogP contribution is -2.62. The van der Waals surface area contributed by atoms with Gasteiger partial charge in [-0.15, -0.1) is 6.58 Å². The summed E-state index contributed by atoms with van der Waals surface area (Å²) in [4.78, 5) is 0. The standard InChI is InChI=1S/C22H26O4/c1-3-22(23)17(2)24-16-20(25-14-18-10-6-4-7-11-18)21(22)26-15-19-12-8-5-9-13-19/h3-13,17,20-21,23H,1,14-16H2,2H3/t17?,20?,21-,22-/m1/s1. The summed E-state index contributed by atoms with van der Waals surface area (Å²) >= 11 is 0. The highest BCUT2D eigenvalue weighted by atomic mass is 16.6. The second kappa shape index (κ2) is 8.60. The summed E-state index contributed by atoms with van der Waals surface area (Å²) in [5, 5.41) is 11.1. The third-order valence-electron chi connectivity index (χ3n) is 4.86. The van der Waals surface area contributed by atoms with Crippen molar-refractivity contribution in [1.29, 1.82) is 0 Å². The van der Waals surface area contributed by atoms with Gasteiger partial charge in [-0.25, -0.2) is 0 Å². The van der Waals surface area contributed by atoms with Crippen molar-refractivity contribution in [2.45, 2.75) is 44.1 Å². The first-order valence-corrected chi connectivity index (χ1v) is 8.92. The Kier molecular flexibility index (Phi) is 6.22. The number of rotatable bonds is 7. The summed E-state index contributed by atoms with van der Waals surface area (Å²) in [6.45, 7) is 6.81. The van der Waals surface area contributed by atoms with Gasteiger partial charge in [-0.3, -0.25) is 0 Å². The molecule has 2 aromatic rings. The van der Waals surface area contributed by atoms with Crippen LogP contribution in [-0.2, 0) is 27.4 Å². The minimum Gasteiger partial charge on any atom is -0.380 e. The molecule has 0 aliphatic carbocycles. The van der Waals surface area contributed by atoms with Gasteiger partial charge in [0.25, 0.3) is 0 Å². The van der Waals surface area contributed by atoms with Gasteiger partial charge in [-0.2, -0.15) is 0 Å². The minimum absolute atomic E-state index is 0.365. The molecule has 0 spiro atoms. The van der Waals surface area contributed by atoms with Gasteiger partial charge in [0, 0.05) is 0 Å². The summed E-state index contributed by atoms with van der Waals surface area (Å²) in [6, 6.07) is 19.8. The average Bonchev–Trinajstić information content (AvgIpc) is 2.69. The summed E-state index contributed by atoms with van der Waals surface area (Å²) in [6.07, 6.45) is 0.133. The zero-order valence-electron chi connectivity index (χ0n) is 15.1. The molecule has 0 saturated carbocycles. The van der Waals surface area contributed by atoms with Crippen molar-refractivity contribution in [1.82, 2.24) is 0 Å². The minimum atomic E-state index is -1.31. The molecule has 0 aromatic heterocycles. The molecule has 4 nitrogen and oxygen atoms in total. The fraction of sp³-hybridized carbons (Fsp3) is 0.364.